The molecule has 0 heterocycles. The van der Waals surface area contributed by atoms with E-state index in [4.69, 9.17) is 4.74 Å². The number of ether oxygens (including phenoxy) is 1. The van der Waals surface area contributed by atoms with Crippen molar-refractivity contribution in [3.63, 3.8) is 0 Å². The minimum Gasteiger partial charge on any atom is -0.459 e. The Kier molecular flexibility index (Phi) is 3.51. The Bertz CT molecular complexity index is 289. The van der Waals surface area contributed by atoms with Crippen molar-refractivity contribution in [3.05, 3.63) is 12.7 Å². The Labute approximate surface area is 99.1 Å². The lowest BCUT2D eigenvalue weighted by atomic mass is 9.66. The molecule has 0 bridgehead atoms. The van der Waals surface area contributed by atoms with Gasteiger partial charge < -0.3 is 4.74 Å². The molecule has 2 atom stereocenters. The molecule has 0 N–H and O–H groups in total. The molecule has 92 valence electrons. The van der Waals surface area contributed by atoms with E-state index in [0.717, 1.165) is 12.8 Å². The van der Waals surface area contributed by atoms with Gasteiger partial charge in [-0.15, -0.1) is 0 Å². The molecule has 1 aliphatic carbocycles. The van der Waals surface area contributed by atoms with Crippen molar-refractivity contribution in [1.82, 2.24) is 0 Å². The summed E-state index contributed by atoms with van der Waals surface area (Å²) in [5.41, 5.74) is 0.222. The van der Waals surface area contributed by atoms with E-state index in [2.05, 4.69) is 41.2 Å². The monoisotopic (exact) mass is 224 g/mol. The third kappa shape index (κ3) is 1.90. The highest BCUT2D eigenvalue weighted by Crippen LogP contribution is 2.57. The van der Waals surface area contributed by atoms with Crippen molar-refractivity contribution in [2.45, 2.75) is 53.6 Å². The second-order valence-electron chi connectivity index (χ2n) is 5.91. The second-order valence-corrected chi connectivity index (χ2v) is 5.91. The van der Waals surface area contributed by atoms with Gasteiger partial charge in [0.15, 0.2) is 0 Å². The lowest BCUT2D eigenvalue weighted by Crippen LogP contribution is -2.38. The van der Waals surface area contributed by atoms with Crippen molar-refractivity contribution in [2.24, 2.45) is 16.7 Å². The summed E-state index contributed by atoms with van der Waals surface area (Å²) in [4.78, 5) is 11.3. The summed E-state index contributed by atoms with van der Waals surface area (Å²) in [5, 5.41) is 0. The number of rotatable bonds is 3. The van der Waals surface area contributed by atoms with Gasteiger partial charge in [0.1, 0.15) is 6.10 Å². The van der Waals surface area contributed by atoms with Gasteiger partial charge in [-0.3, -0.25) is 0 Å². The average molecular weight is 224 g/mol. The van der Waals surface area contributed by atoms with E-state index in [9.17, 15) is 4.79 Å². The molecule has 1 aliphatic rings. The SMILES string of the molecule is C=CC(=O)OC1CC(CC)C(C)(C)C1(C)C. The normalized spacial score (nSPS) is 31.1. The summed E-state index contributed by atoms with van der Waals surface area (Å²) in [6, 6.07) is 0. The minimum atomic E-state index is -0.300. The predicted molar refractivity (Wildman–Crippen MR) is 66.0 cm³/mol. The van der Waals surface area contributed by atoms with E-state index >= 15 is 0 Å². The zero-order valence-corrected chi connectivity index (χ0v) is 11.2. The van der Waals surface area contributed by atoms with Gasteiger partial charge in [0.25, 0.3) is 0 Å². The number of carbonyl (C=O) groups excluding carboxylic acids is 1. The summed E-state index contributed by atoms with van der Waals surface area (Å²) in [6.45, 7) is 14.6. The van der Waals surface area contributed by atoms with E-state index in [0.29, 0.717) is 5.92 Å². The second kappa shape index (κ2) is 4.23. The molecule has 2 unspecified atom stereocenters. The molecule has 0 aromatic carbocycles. The van der Waals surface area contributed by atoms with Crippen LogP contribution in [0.4, 0.5) is 0 Å². The molecular formula is C14H24O2. The van der Waals surface area contributed by atoms with Gasteiger partial charge in [0.05, 0.1) is 0 Å². The first-order valence-electron chi connectivity index (χ1n) is 6.10. The molecule has 1 fully saturated rings. The Morgan fingerprint density at radius 1 is 1.38 bits per heavy atom. The quantitative estimate of drug-likeness (QED) is 0.541. The van der Waals surface area contributed by atoms with Gasteiger partial charge in [-0.2, -0.15) is 0 Å². The van der Waals surface area contributed by atoms with Crippen LogP contribution in [0.15, 0.2) is 12.7 Å². The molecule has 0 aliphatic heterocycles. The maximum atomic E-state index is 11.3. The van der Waals surface area contributed by atoms with Gasteiger partial charge in [-0.1, -0.05) is 47.6 Å². The average Bonchev–Trinajstić information content (AvgIpc) is 2.37. The highest BCUT2D eigenvalue weighted by Gasteiger charge is 2.55. The predicted octanol–water partition coefficient (Wildman–Crippen LogP) is 3.57. The first kappa shape index (κ1) is 13.3. The van der Waals surface area contributed by atoms with Crippen molar-refractivity contribution >= 4 is 5.97 Å². The summed E-state index contributed by atoms with van der Waals surface area (Å²) >= 11 is 0. The fourth-order valence-electron chi connectivity index (χ4n) is 2.85. The number of hydrogen-bond acceptors (Lipinski definition) is 2. The van der Waals surface area contributed by atoms with Gasteiger partial charge in [-0.05, 0) is 17.8 Å². The zero-order valence-electron chi connectivity index (χ0n) is 11.2. The summed E-state index contributed by atoms with van der Waals surface area (Å²) < 4.78 is 5.49. The smallest absolute Gasteiger partial charge is 0.330 e. The van der Waals surface area contributed by atoms with Crippen LogP contribution in [0.2, 0.25) is 0 Å². The molecular weight excluding hydrogens is 200 g/mol. The number of esters is 1. The standard InChI is InChI=1S/C14H24O2/c1-7-10-9-11(16-12(15)8-2)14(5,6)13(10,3)4/h8,10-11H,2,7,9H2,1,3-6H3. The summed E-state index contributed by atoms with van der Waals surface area (Å²) in [5.74, 6) is 0.316. The molecule has 0 aromatic rings. The van der Waals surface area contributed by atoms with Crippen LogP contribution in [-0.2, 0) is 9.53 Å². The van der Waals surface area contributed by atoms with E-state index in [1.165, 1.54) is 6.08 Å². The van der Waals surface area contributed by atoms with Crippen molar-refractivity contribution in [2.75, 3.05) is 0 Å². The third-order valence-corrected chi connectivity index (χ3v) is 4.90. The molecule has 16 heavy (non-hydrogen) atoms. The van der Waals surface area contributed by atoms with Crippen molar-refractivity contribution < 1.29 is 9.53 Å². The molecule has 2 nitrogen and oxygen atoms in total. The lowest BCUT2D eigenvalue weighted by molar-refractivity contribution is -0.149. The molecule has 2 heteroatoms. The van der Waals surface area contributed by atoms with Crippen LogP contribution in [0.5, 0.6) is 0 Å². The Hall–Kier alpha value is -0.790. The van der Waals surface area contributed by atoms with Crippen LogP contribution < -0.4 is 0 Å². The first-order valence-corrected chi connectivity index (χ1v) is 6.10. The van der Waals surface area contributed by atoms with Crippen molar-refractivity contribution in [3.8, 4) is 0 Å². The molecule has 0 radical (unpaired) electrons. The molecule has 0 aromatic heterocycles. The molecule has 0 amide bonds. The van der Waals surface area contributed by atoms with Crippen LogP contribution in [0.3, 0.4) is 0 Å². The minimum absolute atomic E-state index is 0.0120. The van der Waals surface area contributed by atoms with E-state index in [1.54, 1.807) is 0 Å². The van der Waals surface area contributed by atoms with E-state index < -0.39 is 0 Å². The molecule has 1 saturated carbocycles. The number of carbonyl (C=O) groups is 1. The fraction of sp³-hybridized carbons (Fsp3) is 0.786. The number of hydrogen-bond donors (Lipinski definition) is 0. The topological polar surface area (TPSA) is 26.3 Å². The van der Waals surface area contributed by atoms with Gasteiger partial charge in [-0.25, -0.2) is 4.79 Å². The van der Waals surface area contributed by atoms with Crippen LogP contribution >= 0.6 is 0 Å². The van der Waals surface area contributed by atoms with Gasteiger partial charge in [0, 0.05) is 11.5 Å². The van der Waals surface area contributed by atoms with E-state index in [-0.39, 0.29) is 22.9 Å². The maximum Gasteiger partial charge on any atom is 0.330 e. The van der Waals surface area contributed by atoms with Crippen LogP contribution in [0.25, 0.3) is 0 Å². The first-order chi connectivity index (χ1) is 7.27. The van der Waals surface area contributed by atoms with Crippen LogP contribution in [0.1, 0.15) is 47.5 Å². The van der Waals surface area contributed by atoms with Crippen LogP contribution in [-0.4, -0.2) is 12.1 Å². The highest BCUT2D eigenvalue weighted by atomic mass is 16.5. The maximum absolute atomic E-state index is 11.3. The van der Waals surface area contributed by atoms with Crippen LogP contribution in [0, 0.1) is 16.7 Å². The fourth-order valence-corrected chi connectivity index (χ4v) is 2.85. The Morgan fingerprint density at radius 2 is 1.94 bits per heavy atom. The molecule has 1 rings (SSSR count). The van der Waals surface area contributed by atoms with Gasteiger partial charge in [0.2, 0.25) is 0 Å². The Balaban J connectivity index is 2.90. The molecule has 0 spiro atoms. The zero-order chi connectivity index (χ0) is 12.6. The third-order valence-electron chi connectivity index (χ3n) is 4.90. The van der Waals surface area contributed by atoms with Crippen molar-refractivity contribution in [1.29, 1.82) is 0 Å². The highest BCUT2D eigenvalue weighted by molar-refractivity contribution is 5.81. The Morgan fingerprint density at radius 3 is 2.31 bits per heavy atom. The van der Waals surface area contributed by atoms with Gasteiger partial charge >= 0.3 is 5.97 Å². The molecule has 0 saturated heterocycles. The largest absolute Gasteiger partial charge is 0.459 e. The summed E-state index contributed by atoms with van der Waals surface area (Å²) in [6.07, 6.45) is 3.37. The van der Waals surface area contributed by atoms with E-state index in [1.807, 2.05) is 0 Å². The lowest BCUT2D eigenvalue weighted by Gasteiger charge is -2.40. The summed E-state index contributed by atoms with van der Waals surface area (Å²) in [7, 11) is 0.